The van der Waals surface area contributed by atoms with Crippen LogP contribution in [-0.4, -0.2) is 29.3 Å². The number of hydrogen-bond acceptors (Lipinski definition) is 2. The molecule has 0 aromatic heterocycles. The van der Waals surface area contributed by atoms with E-state index in [0.29, 0.717) is 18.0 Å². The van der Waals surface area contributed by atoms with Crippen molar-refractivity contribution in [3.05, 3.63) is 60.2 Å². The van der Waals surface area contributed by atoms with E-state index >= 15 is 0 Å². The molecule has 4 nitrogen and oxygen atoms in total. The SMILES string of the molecule is NC(=O)[C@@H]1[C@H]2CCC[C@H]2CN1C(=O)c1ccccc1-c1ccccc1. The Morgan fingerprint density at radius 1 is 0.960 bits per heavy atom. The molecule has 4 heteroatoms. The van der Waals surface area contributed by atoms with E-state index in [1.165, 1.54) is 0 Å². The van der Waals surface area contributed by atoms with E-state index < -0.39 is 6.04 Å². The summed E-state index contributed by atoms with van der Waals surface area (Å²) < 4.78 is 0. The first kappa shape index (κ1) is 15.9. The minimum Gasteiger partial charge on any atom is -0.368 e. The highest BCUT2D eigenvalue weighted by Gasteiger charge is 2.48. The number of rotatable bonds is 3. The van der Waals surface area contributed by atoms with Crippen molar-refractivity contribution < 1.29 is 9.59 Å². The minimum absolute atomic E-state index is 0.0855. The molecule has 1 aliphatic heterocycles. The van der Waals surface area contributed by atoms with Crippen LogP contribution in [0.5, 0.6) is 0 Å². The van der Waals surface area contributed by atoms with Crippen molar-refractivity contribution in [1.29, 1.82) is 0 Å². The topological polar surface area (TPSA) is 63.4 Å². The number of amides is 2. The highest BCUT2D eigenvalue weighted by molar-refractivity contribution is 6.03. The van der Waals surface area contributed by atoms with Crippen molar-refractivity contribution in [3.8, 4) is 11.1 Å². The van der Waals surface area contributed by atoms with Gasteiger partial charge in [0.05, 0.1) is 0 Å². The molecular formula is C21H22N2O2. The molecule has 4 rings (SSSR count). The van der Waals surface area contributed by atoms with Crippen LogP contribution in [0.2, 0.25) is 0 Å². The standard InChI is InChI=1S/C21H22N2O2/c22-20(24)19-17-12-6-9-15(17)13-23(19)21(25)18-11-5-4-10-16(18)14-7-2-1-3-8-14/h1-5,7-8,10-11,15,17,19H,6,9,12-13H2,(H2,22,24)/t15-,17-,19-/m0/s1. The summed E-state index contributed by atoms with van der Waals surface area (Å²) >= 11 is 0. The molecule has 2 N–H and O–H groups in total. The number of carbonyl (C=O) groups is 2. The molecule has 2 aliphatic rings. The third kappa shape index (κ3) is 2.72. The van der Waals surface area contributed by atoms with Gasteiger partial charge in [0.1, 0.15) is 6.04 Å². The third-order valence-electron chi connectivity index (χ3n) is 5.69. The second-order valence-corrected chi connectivity index (χ2v) is 7.07. The molecule has 1 heterocycles. The molecule has 1 aliphatic carbocycles. The fourth-order valence-electron chi connectivity index (χ4n) is 4.57. The quantitative estimate of drug-likeness (QED) is 0.937. The van der Waals surface area contributed by atoms with Gasteiger partial charge in [0, 0.05) is 12.1 Å². The molecule has 128 valence electrons. The highest BCUT2D eigenvalue weighted by Crippen LogP contribution is 2.43. The van der Waals surface area contributed by atoms with Gasteiger partial charge < -0.3 is 10.6 Å². The van der Waals surface area contributed by atoms with E-state index in [1.807, 2.05) is 54.6 Å². The van der Waals surface area contributed by atoms with Crippen LogP contribution >= 0.6 is 0 Å². The average molecular weight is 334 g/mol. The Hall–Kier alpha value is -2.62. The Kier molecular flexibility index (Phi) is 4.04. The number of fused-ring (bicyclic) bond motifs is 1. The van der Waals surface area contributed by atoms with E-state index in [9.17, 15) is 9.59 Å². The van der Waals surface area contributed by atoms with Crippen LogP contribution in [0.3, 0.4) is 0 Å². The van der Waals surface area contributed by atoms with Gasteiger partial charge in [-0.05, 0) is 41.9 Å². The molecule has 3 atom stereocenters. The van der Waals surface area contributed by atoms with Gasteiger partial charge >= 0.3 is 0 Å². The van der Waals surface area contributed by atoms with E-state index in [2.05, 4.69) is 0 Å². The Balaban J connectivity index is 1.71. The van der Waals surface area contributed by atoms with Gasteiger partial charge in [-0.25, -0.2) is 0 Å². The van der Waals surface area contributed by atoms with Crippen LogP contribution in [-0.2, 0) is 4.79 Å². The number of nitrogens with zero attached hydrogens (tertiary/aromatic N) is 1. The van der Waals surface area contributed by atoms with Crippen LogP contribution in [0.15, 0.2) is 54.6 Å². The van der Waals surface area contributed by atoms with Crippen molar-refractivity contribution in [3.63, 3.8) is 0 Å². The first-order valence-electron chi connectivity index (χ1n) is 8.91. The van der Waals surface area contributed by atoms with Crippen molar-refractivity contribution in [2.24, 2.45) is 17.6 Å². The lowest BCUT2D eigenvalue weighted by Gasteiger charge is -2.26. The summed E-state index contributed by atoms with van der Waals surface area (Å²) in [6.07, 6.45) is 3.20. The number of likely N-dealkylation sites (tertiary alicyclic amines) is 1. The van der Waals surface area contributed by atoms with E-state index in [4.69, 9.17) is 5.73 Å². The normalized spacial score (nSPS) is 25.0. The molecule has 1 saturated carbocycles. The number of benzene rings is 2. The summed E-state index contributed by atoms with van der Waals surface area (Å²) in [5.41, 5.74) is 8.21. The van der Waals surface area contributed by atoms with Crippen LogP contribution in [0.25, 0.3) is 11.1 Å². The van der Waals surface area contributed by atoms with Crippen LogP contribution < -0.4 is 5.73 Å². The summed E-state index contributed by atoms with van der Waals surface area (Å²) in [5, 5.41) is 0. The minimum atomic E-state index is -0.469. The largest absolute Gasteiger partial charge is 0.368 e. The molecule has 1 saturated heterocycles. The fraction of sp³-hybridized carbons (Fsp3) is 0.333. The van der Waals surface area contributed by atoms with Gasteiger partial charge in [0.2, 0.25) is 5.91 Å². The molecule has 0 unspecified atom stereocenters. The van der Waals surface area contributed by atoms with Crippen molar-refractivity contribution in [2.75, 3.05) is 6.54 Å². The second-order valence-electron chi connectivity index (χ2n) is 7.07. The first-order valence-corrected chi connectivity index (χ1v) is 8.91. The Morgan fingerprint density at radius 2 is 1.68 bits per heavy atom. The fourth-order valence-corrected chi connectivity index (χ4v) is 4.57. The van der Waals surface area contributed by atoms with E-state index in [1.54, 1.807) is 4.90 Å². The zero-order valence-corrected chi connectivity index (χ0v) is 14.1. The predicted octanol–water partition coefficient (Wildman–Crippen LogP) is 3.08. The maximum Gasteiger partial charge on any atom is 0.255 e. The molecule has 2 aromatic carbocycles. The molecule has 2 aromatic rings. The molecule has 2 amide bonds. The molecule has 2 fully saturated rings. The predicted molar refractivity (Wildman–Crippen MR) is 96.7 cm³/mol. The number of primary amides is 1. The number of carbonyl (C=O) groups excluding carboxylic acids is 2. The maximum absolute atomic E-state index is 13.3. The summed E-state index contributed by atoms with van der Waals surface area (Å²) in [6.45, 7) is 0.639. The van der Waals surface area contributed by atoms with E-state index in [-0.39, 0.29) is 17.7 Å². The van der Waals surface area contributed by atoms with Gasteiger partial charge in [-0.2, -0.15) is 0 Å². The Labute approximate surface area is 147 Å². The van der Waals surface area contributed by atoms with Crippen LogP contribution in [0.4, 0.5) is 0 Å². The van der Waals surface area contributed by atoms with Crippen molar-refractivity contribution in [1.82, 2.24) is 4.90 Å². The Morgan fingerprint density at radius 3 is 2.44 bits per heavy atom. The monoisotopic (exact) mass is 334 g/mol. The summed E-state index contributed by atoms with van der Waals surface area (Å²) in [4.78, 5) is 27.1. The zero-order valence-electron chi connectivity index (χ0n) is 14.1. The van der Waals surface area contributed by atoms with Gasteiger partial charge in [-0.15, -0.1) is 0 Å². The van der Waals surface area contributed by atoms with Gasteiger partial charge in [-0.3, -0.25) is 9.59 Å². The van der Waals surface area contributed by atoms with Crippen LogP contribution in [0.1, 0.15) is 29.6 Å². The molecular weight excluding hydrogens is 312 g/mol. The van der Waals surface area contributed by atoms with Crippen molar-refractivity contribution in [2.45, 2.75) is 25.3 Å². The van der Waals surface area contributed by atoms with Gasteiger partial charge in [0.25, 0.3) is 5.91 Å². The molecule has 0 spiro atoms. The van der Waals surface area contributed by atoms with Crippen LogP contribution in [0, 0.1) is 11.8 Å². The summed E-state index contributed by atoms with van der Waals surface area (Å²) in [6, 6.07) is 17.0. The lowest BCUT2D eigenvalue weighted by molar-refractivity contribution is -0.122. The summed E-state index contributed by atoms with van der Waals surface area (Å²) in [5.74, 6) is 0.174. The number of nitrogens with two attached hydrogens (primary N) is 1. The number of hydrogen-bond donors (Lipinski definition) is 1. The summed E-state index contributed by atoms with van der Waals surface area (Å²) in [7, 11) is 0. The molecule has 0 bridgehead atoms. The Bertz CT molecular complexity index is 803. The lowest BCUT2D eigenvalue weighted by atomic mass is 9.93. The third-order valence-corrected chi connectivity index (χ3v) is 5.69. The molecule has 25 heavy (non-hydrogen) atoms. The van der Waals surface area contributed by atoms with Gasteiger partial charge in [-0.1, -0.05) is 55.0 Å². The van der Waals surface area contributed by atoms with Crippen molar-refractivity contribution >= 4 is 11.8 Å². The first-order chi connectivity index (χ1) is 12.2. The average Bonchev–Trinajstić information content (AvgIpc) is 3.22. The zero-order chi connectivity index (χ0) is 17.4. The van der Waals surface area contributed by atoms with Gasteiger partial charge in [0.15, 0.2) is 0 Å². The highest BCUT2D eigenvalue weighted by atomic mass is 16.2. The molecule has 0 radical (unpaired) electrons. The lowest BCUT2D eigenvalue weighted by Crippen LogP contribution is -2.46. The van der Waals surface area contributed by atoms with E-state index in [0.717, 1.165) is 30.4 Å². The maximum atomic E-state index is 13.3. The second kappa shape index (κ2) is 6.36. The smallest absolute Gasteiger partial charge is 0.255 e.